The van der Waals surface area contributed by atoms with Crippen molar-refractivity contribution in [3.05, 3.63) is 35.9 Å². The summed E-state index contributed by atoms with van der Waals surface area (Å²) in [7, 11) is 0. The van der Waals surface area contributed by atoms with Crippen LogP contribution in [0.2, 0.25) is 0 Å². The van der Waals surface area contributed by atoms with Gasteiger partial charge in [-0.3, -0.25) is 9.69 Å². The molecule has 19 heavy (non-hydrogen) atoms. The number of benzene rings is 1. The molecule has 0 aromatic heterocycles. The molecule has 2 fully saturated rings. The first-order valence-corrected chi connectivity index (χ1v) is 7.59. The molecule has 2 nitrogen and oxygen atoms in total. The van der Waals surface area contributed by atoms with Crippen molar-refractivity contribution < 1.29 is 4.79 Å². The highest BCUT2D eigenvalue weighted by molar-refractivity contribution is 5.90. The second kappa shape index (κ2) is 5.09. The Balaban J connectivity index is 1.89. The molecule has 1 aromatic rings. The third-order valence-electron chi connectivity index (χ3n) is 5.08. The molecular formula is C17H23NO. The third-order valence-corrected chi connectivity index (χ3v) is 5.08. The molecular weight excluding hydrogens is 234 g/mol. The number of carbonyl (C=O) groups excluding carboxylic acids is 1. The topological polar surface area (TPSA) is 20.3 Å². The predicted molar refractivity (Wildman–Crippen MR) is 77.0 cm³/mol. The fourth-order valence-electron chi connectivity index (χ4n) is 4.01. The Bertz CT molecular complexity index is 448. The van der Waals surface area contributed by atoms with Crippen molar-refractivity contribution >= 4 is 5.78 Å². The van der Waals surface area contributed by atoms with Crippen LogP contribution in [0.1, 0.15) is 57.1 Å². The molecule has 1 unspecified atom stereocenters. The lowest BCUT2D eigenvalue weighted by molar-refractivity contribution is -0.127. The van der Waals surface area contributed by atoms with Crippen molar-refractivity contribution in [3.8, 4) is 0 Å². The normalized spacial score (nSPS) is 24.8. The Morgan fingerprint density at radius 3 is 2.47 bits per heavy atom. The molecule has 1 heterocycles. The van der Waals surface area contributed by atoms with Crippen LogP contribution in [-0.4, -0.2) is 22.8 Å². The average molecular weight is 257 g/mol. The van der Waals surface area contributed by atoms with Crippen LogP contribution in [0.4, 0.5) is 0 Å². The molecule has 1 aliphatic heterocycles. The zero-order chi connectivity index (χ0) is 13.3. The highest BCUT2D eigenvalue weighted by Crippen LogP contribution is 2.43. The SMILES string of the molecule is CC(c1ccccc1)N1CCC(=O)C12CCCCC2. The van der Waals surface area contributed by atoms with Crippen molar-refractivity contribution in [1.82, 2.24) is 4.90 Å². The second-order valence-corrected chi connectivity index (χ2v) is 6.05. The fourth-order valence-corrected chi connectivity index (χ4v) is 4.01. The summed E-state index contributed by atoms with van der Waals surface area (Å²) in [6.45, 7) is 3.19. The number of hydrogen-bond donors (Lipinski definition) is 0. The van der Waals surface area contributed by atoms with Crippen molar-refractivity contribution in [1.29, 1.82) is 0 Å². The van der Waals surface area contributed by atoms with E-state index in [2.05, 4.69) is 42.2 Å². The Labute approximate surface area is 115 Å². The van der Waals surface area contributed by atoms with Gasteiger partial charge in [-0.25, -0.2) is 0 Å². The lowest BCUT2D eigenvalue weighted by Crippen LogP contribution is -2.50. The van der Waals surface area contributed by atoms with Crippen LogP contribution in [0.25, 0.3) is 0 Å². The number of rotatable bonds is 2. The average Bonchev–Trinajstić information content (AvgIpc) is 2.77. The van der Waals surface area contributed by atoms with E-state index in [1.165, 1.54) is 24.8 Å². The first kappa shape index (κ1) is 12.9. The van der Waals surface area contributed by atoms with Gasteiger partial charge < -0.3 is 0 Å². The van der Waals surface area contributed by atoms with Crippen LogP contribution in [0.5, 0.6) is 0 Å². The molecule has 0 bridgehead atoms. The maximum atomic E-state index is 12.5. The van der Waals surface area contributed by atoms with Crippen LogP contribution >= 0.6 is 0 Å². The molecule has 1 aliphatic carbocycles. The summed E-state index contributed by atoms with van der Waals surface area (Å²) < 4.78 is 0. The van der Waals surface area contributed by atoms with Crippen LogP contribution in [0, 0.1) is 0 Å². The number of Topliss-reactive ketones (excluding diaryl/α,β-unsaturated/α-hetero) is 1. The minimum absolute atomic E-state index is 0.131. The number of likely N-dealkylation sites (tertiary alicyclic amines) is 1. The standard InChI is InChI=1S/C17H23NO/c1-14(15-8-4-2-5-9-15)18-13-10-16(19)17(18)11-6-3-7-12-17/h2,4-5,8-9,14H,3,6-7,10-13H2,1H3. The van der Waals surface area contributed by atoms with Crippen LogP contribution in [0.15, 0.2) is 30.3 Å². The minimum Gasteiger partial charge on any atom is -0.298 e. The van der Waals surface area contributed by atoms with Crippen LogP contribution in [0.3, 0.4) is 0 Å². The van der Waals surface area contributed by atoms with Crippen LogP contribution in [-0.2, 0) is 4.79 Å². The summed E-state index contributed by atoms with van der Waals surface area (Å²) in [6, 6.07) is 11.0. The van der Waals surface area contributed by atoms with E-state index >= 15 is 0 Å². The van der Waals surface area contributed by atoms with Gasteiger partial charge in [-0.05, 0) is 25.3 Å². The van der Waals surface area contributed by atoms with E-state index in [0.717, 1.165) is 25.8 Å². The van der Waals surface area contributed by atoms with Gasteiger partial charge in [0.05, 0.1) is 5.54 Å². The van der Waals surface area contributed by atoms with E-state index in [1.807, 2.05) is 0 Å². The highest BCUT2D eigenvalue weighted by atomic mass is 16.1. The molecule has 0 radical (unpaired) electrons. The highest BCUT2D eigenvalue weighted by Gasteiger charge is 2.49. The fraction of sp³-hybridized carbons (Fsp3) is 0.588. The minimum atomic E-state index is -0.131. The van der Waals surface area contributed by atoms with E-state index in [-0.39, 0.29) is 5.54 Å². The molecule has 102 valence electrons. The largest absolute Gasteiger partial charge is 0.298 e. The lowest BCUT2D eigenvalue weighted by atomic mass is 9.78. The molecule has 1 saturated carbocycles. The van der Waals surface area contributed by atoms with Gasteiger partial charge in [-0.1, -0.05) is 49.6 Å². The molecule has 1 spiro atoms. The van der Waals surface area contributed by atoms with Gasteiger partial charge in [-0.2, -0.15) is 0 Å². The van der Waals surface area contributed by atoms with E-state index in [4.69, 9.17) is 0 Å². The predicted octanol–water partition coefficient (Wildman–Crippen LogP) is 3.73. The maximum absolute atomic E-state index is 12.5. The molecule has 2 heteroatoms. The summed E-state index contributed by atoms with van der Waals surface area (Å²) in [5, 5.41) is 0. The summed E-state index contributed by atoms with van der Waals surface area (Å²) in [5.74, 6) is 0.495. The molecule has 0 amide bonds. The molecule has 1 atom stereocenters. The molecule has 2 aliphatic rings. The summed E-state index contributed by atoms with van der Waals surface area (Å²) in [4.78, 5) is 14.9. The van der Waals surface area contributed by atoms with Gasteiger partial charge in [0.2, 0.25) is 0 Å². The van der Waals surface area contributed by atoms with Gasteiger partial charge in [0.1, 0.15) is 0 Å². The first-order chi connectivity index (χ1) is 9.24. The Hall–Kier alpha value is -1.15. The van der Waals surface area contributed by atoms with Crippen molar-refractivity contribution in [2.75, 3.05) is 6.54 Å². The number of carbonyl (C=O) groups is 1. The summed E-state index contributed by atoms with van der Waals surface area (Å²) >= 11 is 0. The monoisotopic (exact) mass is 257 g/mol. The third kappa shape index (κ3) is 2.12. The number of nitrogens with zero attached hydrogens (tertiary/aromatic N) is 1. The van der Waals surface area contributed by atoms with E-state index in [9.17, 15) is 4.79 Å². The zero-order valence-corrected chi connectivity index (χ0v) is 11.8. The second-order valence-electron chi connectivity index (χ2n) is 6.05. The summed E-state index contributed by atoms with van der Waals surface area (Å²) in [5.41, 5.74) is 1.20. The van der Waals surface area contributed by atoms with Crippen molar-refractivity contribution in [2.45, 2.75) is 57.0 Å². The molecule has 3 rings (SSSR count). The smallest absolute Gasteiger partial charge is 0.154 e. The molecule has 0 N–H and O–H groups in total. The van der Waals surface area contributed by atoms with Gasteiger partial charge >= 0.3 is 0 Å². The van der Waals surface area contributed by atoms with Crippen LogP contribution < -0.4 is 0 Å². The molecule has 1 aromatic carbocycles. The van der Waals surface area contributed by atoms with E-state index in [1.54, 1.807) is 0 Å². The van der Waals surface area contributed by atoms with Crippen molar-refractivity contribution in [3.63, 3.8) is 0 Å². The quantitative estimate of drug-likeness (QED) is 0.804. The number of ketones is 1. The number of hydrogen-bond acceptors (Lipinski definition) is 2. The van der Waals surface area contributed by atoms with E-state index < -0.39 is 0 Å². The Morgan fingerprint density at radius 1 is 1.11 bits per heavy atom. The lowest BCUT2D eigenvalue weighted by Gasteiger charge is -2.43. The van der Waals surface area contributed by atoms with Gasteiger partial charge in [0, 0.05) is 19.0 Å². The van der Waals surface area contributed by atoms with E-state index in [0.29, 0.717) is 11.8 Å². The van der Waals surface area contributed by atoms with Gasteiger partial charge in [0.25, 0.3) is 0 Å². The Kier molecular flexibility index (Phi) is 3.44. The van der Waals surface area contributed by atoms with Crippen molar-refractivity contribution in [2.24, 2.45) is 0 Å². The molecule has 1 saturated heterocycles. The van der Waals surface area contributed by atoms with Gasteiger partial charge in [-0.15, -0.1) is 0 Å². The first-order valence-electron chi connectivity index (χ1n) is 7.59. The maximum Gasteiger partial charge on any atom is 0.154 e. The van der Waals surface area contributed by atoms with Gasteiger partial charge in [0.15, 0.2) is 5.78 Å². The Morgan fingerprint density at radius 2 is 1.79 bits per heavy atom. The zero-order valence-electron chi connectivity index (χ0n) is 11.8. The summed E-state index contributed by atoms with van der Waals surface area (Å²) in [6.07, 6.45) is 6.61.